The second kappa shape index (κ2) is 8.32. The number of amides is 2. The maximum absolute atomic E-state index is 12.6. The molecule has 0 aromatic heterocycles. The lowest BCUT2D eigenvalue weighted by molar-refractivity contribution is -0.139. The van der Waals surface area contributed by atoms with Crippen molar-refractivity contribution in [2.24, 2.45) is 11.8 Å². The van der Waals surface area contributed by atoms with Gasteiger partial charge in [-0.2, -0.15) is 0 Å². The molecule has 5 heteroatoms. The van der Waals surface area contributed by atoms with Crippen LogP contribution in [0, 0.1) is 11.8 Å². The molecule has 2 amide bonds. The van der Waals surface area contributed by atoms with Gasteiger partial charge in [0.2, 0.25) is 11.8 Å². The van der Waals surface area contributed by atoms with Crippen molar-refractivity contribution in [3.8, 4) is 0 Å². The predicted molar refractivity (Wildman–Crippen MR) is 92.3 cm³/mol. The van der Waals surface area contributed by atoms with E-state index in [-0.39, 0.29) is 29.9 Å². The van der Waals surface area contributed by atoms with E-state index in [0.29, 0.717) is 18.9 Å². The van der Waals surface area contributed by atoms with E-state index in [4.69, 9.17) is 0 Å². The third kappa shape index (κ3) is 4.71. The maximum atomic E-state index is 12.6. The van der Waals surface area contributed by atoms with Crippen molar-refractivity contribution in [1.29, 1.82) is 0 Å². The summed E-state index contributed by atoms with van der Waals surface area (Å²) in [5, 5.41) is 12.9. The van der Waals surface area contributed by atoms with Gasteiger partial charge in [-0.3, -0.25) is 9.59 Å². The molecule has 0 bridgehead atoms. The summed E-state index contributed by atoms with van der Waals surface area (Å²) in [5.74, 6) is 1.09. The molecule has 24 heavy (non-hydrogen) atoms. The SMILES string of the molecule is O=C(CC1CCCC1)NC1CCC(C(=O)N2CCCC(O)C2)CC1. The first-order valence-corrected chi connectivity index (χ1v) is 9.88. The maximum Gasteiger partial charge on any atom is 0.225 e. The molecule has 2 N–H and O–H groups in total. The highest BCUT2D eigenvalue weighted by molar-refractivity contribution is 5.79. The molecule has 0 aromatic rings. The number of nitrogens with one attached hydrogen (secondary N) is 1. The Morgan fingerprint density at radius 1 is 0.958 bits per heavy atom. The fourth-order valence-electron chi connectivity index (χ4n) is 4.66. The summed E-state index contributed by atoms with van der Waals surface area (Å²) in [4.78, 5) is 26.6. The summed E-state index contributed by atoms with van der Waals surface area (Å²) >= 11 is 0. The first-order chi connectivity index (χ1) is 11.6. The minimum absolute atomic E-state index is 0.0817. The number of aliphatic hydroxyl groups is 1. The number of carbonyl (C=O) groups is 2. The number of nitrogens with zero attached hydrogens (tertiary/aromatic N) is 1. The fraction of sp³-hybridized carbons (Fsp3) is 0.895. The van der Waals surface area contributed by atoms with Crippen LogP contribution in [0.2, 0.25) is 0 Å². The molecule has 1 atom stereocenters. The van der Waals surface area contributed by atoms with Gasteiger partial charge < -0.3 is 15.3 Å². The first-order valence-electron chi connectivity index (χ1n) is 9.88. The van der Waals surface area contributed by atoms with Crippen molar-refractivity contribution >= 4 is 11.8 Å². The largest absolute Gasteiger partial charge is 0.391 e. The van der Waals surface area contributed by atoms with Crippen LogP contribution < -0.4 is 5.32 Å². The highest BCUT2D eigenvalue weighted by atomic mass is 16.3. The van der Waals surface area contributed by atoms with Gasteiger partial charge in [-0.05, 0) is 57.3 Å². The van der Waals surface area contributed by atoms with E-state index >= 15 is 0 Å². The van der Waals surface area contributed by atoms with Crippen LogP contribution in [0.15, 0.2) is 0 Å². The van der Waals surface area contributed by atoms with Crippen LogP contribution >= 0.6 is 0 Å². The zero-order valence-electron chi connectivity index (χ0n) is 14.7. The van der Waals surface area contributed by atoms with Crippen LogP contribution in [0.5, 0.6) is 0 Å². The molecule has 3 aliphatic rings. The smallest absolute Gasteiger partial charge is 0.225 e. The summed E-state index contributed by atoms with van der Waals surface area (Å²) in [6.45, 7) is 1.28. The summed E-state index contributed by atoms with van der Waals surface area (Å²) < 4.78 is 0. The van der Waals surface area contributed by atoms with Gasteiger partial charge in [0.15, 0.2) is 0 Å². The number of likely N-dealkylation sites (tertiary alicyclic amines) is 1. The van der Waals surface area contributed by atoms with Crippen LogP contribution in [0.1, 0.15) is 70.6 Å². The molecular formula is C19H32N2O3. The van der Waals surface area contributed by atoms with Crippen molar-refractivity contribution in [2.45, 2.75) is 82.8 Å². The lowest BCUT2D eigenvalue weighted by atomic mass is 9.84. The van der Waals surface area contributed by atoms with E-state index in [9.17, 15) is 14.7 Å². The zero-order valence-corrected chi connectivity index (χ0v) is 14.7. The predicted octanol–water partition coefficient (Wildman–Crippen LogP) is 2.22. The van der Waals surface area contributed by atoms with E-state index < -0.39 is 0 Å². The number of β-amino-alcohol motifs (C(OH)–C–C–N with tert-alkyl or cyclic N) is 1. The lowest BCUT2D eigenvalue weighted by Gasteiger charge is -2.35. The second-order valence-electron chi connectivity index (χ2n) is 8.05. The Morgan fingerprint density at radius 2 is 1.67 bits per heavy atom. The van der Waals surface area contributed by atoms with Gasteiger partial charge in [0, 0.05) is 31.5 Å². The van der Waals surface area contributed by atoms with Crippen molar-refractivity contribution in [1.82, 2.24) is 10.2 Å². The van der Waals surface area contributed by atoms with Crippen LogP contribution in [0.3, 0.4) is 0 Å². The summed E-state index contributed by atoms with van der Waals surface area (Å²) in [6.07, 6.45) is 10.5. The lowest BCUT2D eigenvalue weighted by Crippen LogP contribution is -2.47. The Bertz CT molecular complexity index is 440. The summed E-state index contributed by atoms with van der Waals surface area (Å²) in [5.41, 5.74) is 0. The van der Waals surface area contributed by atoms with Crippen molar-refractivity contribution in [2.75, 3.05) is 13.1 Å². The van der Waals surface area contributed by atoms with Gasteiger partial charge in [-0.1, -0.05) is 12.8 Å². The normalized spacial score (nSPS) is 31.9. The monoisotopic (exact) mass is 336 g/mol. The number of aliphatic hydroxyl groups excluding tert-OH is 1. The minimum atomic E-state index is -0.353. The van der Waals surface area contributed by atoms with Crippen LogP contribution in [-0.2, 0) is 9.59 Å². The highest BCUT2D eigenvalue weighted by Gasteiger charge is 2.32. The number of rotatable bonds is 4. The summed E-state index contributed by atoms with van der Waals surface area (Å²) in [7, 11) is 0. The number of carbonyl (C=O) groups excluding carboxylic acids is 2. The third-order valence-electron chi connectivity index (χ3n) is 6.10. The molecule has 3 fully saturated rings. The Kier molecular flexibility index (Phi) is 6.14. The van der Waals surface area contributed by atoms with Crippen LogP contribution in [0.25, 0.3) is 0 Å². The average Bonchev–Trinajstić information content (AvgIpc) is 3.07. The van der Waals surface area contributed by atoms with Gasteiger partial charge in [0.25, 0.3) is 0 Å². The minimum Gasteiger partial charge on any atom is -0.391 e. The molecule has 1 saturated heterocycles. The molecule has 0 aromatic carbocycles. The number of piperidine rings is 1. The Hall–Kier alpha value is -1.10. The standard InChI is InChI=1S/C19H32N2O3/c22-17-6-3-11-21(13-17)19(24)15-7-9-16(10-8-15)20-18(23)12-14-4-1-2-5-14/h14-17,22H,1-13H2,(H,20,23). The molecule has 5 nitrogen and oxygen atoms in total. The third-order valence-corrected chi connectivity index (χ3v) is 6.10. The molecule has 0 spiro atoms. The molecule has 1 unspecified atom stereocenters. The summed E-state index contributed by atoms with van der Waals surface area (Å²) in [6, 6.07) is 0.245. The van der Waals surface area contributed by atoms with Gasteiger partial charge in [-0.25, -0.2) is 0 Å². The van der Waals surface area contributed by atoms with E-state index in [1.165, 1.54) is 25.7 Å². The van der Waals surface area contributed by atoms with Gasteiger partial charge >= 0.3 is 0 Å². The topological polar surface area (TPSA) is 69.6 Å². The van der Waals surface area contributed by atoms with E-state index in [0.717, 1.165) is 45.1 Å². The van der Waals surface area contributed by atoms with Crippen molar-refractivity contribution in [3.63, 3.8) is 0 Å². The van der Waals surface area contributed by atoms with E-state index in [1.54, 1.807) is 0 Å². The number of hydrogen-bond acceptors (Lipinski definition) is 3. The molecular weight excluding hydrogens is 304 g/mol. The average molecular weight is 336 g/mol. The molecule has 136 valence electrons. The van der Waals surface area contributed by atoms with Crippen LogP contribution in [0.4, 0.5) is 0 Å². The van der Waals surface area contributed by atoms with E-state index in [2.05, 4.69) is 5.32 Å². The first kappa shape index (κ1) is 17.7. The molecule has 2 aliphatic carbocycles. The molecule has 1 heterocycles. The van der Waals surface area contributed by atoms with Crippen molar-refractivity contribution < 1.29 is 14.7 Å². The molecule has 3 rings (SSSR count). The van der Waals surface area contributed by atoms with Crippen LogP contribution in [-0.4, -0.2) is 47.1 Å². The Labute approximate surface area is 145 Å². The number of hydrogen-bond donors (Lipinski definition) is 2. The Morgan fingerprint density at radius 3 is 2.33 bits per heavy atom. The van der Waals surface area contributed by atoms with Crippen molar-refractivity contribution in [3.05, 3.63) is 0 Å². The zero-order chi connectivity index (χ0) is 16.9. The van der Waals surface area contributed by atoms with Gasteiger partial charge in [0.05, 0.1) is 6.10 Å². The fourth-order valence-corrected chi connectivity index (χ4v) is 4.66. The Balaban J connectivity index is 1.38. The molecule has 2 saturated carbocycles. The van der Waals surface area contributed by atoms with Gasteiger partial charge in [0.1, 0.15) is 0 Å². The van der Waals surface area contributed by atoms with Gasteiger partial charge in [-0.15, -0.1) is 0 Å². The second-order valence-corrected chi connectivity index (χ2v) is 8.05. The molecule has 0 radical (unpaired) electrons. The van der Waals surface area contributed by atoms with E-state index in [1.807, 2.05) is 4.90 Å². The quantitative estimate of drug-likeness (QED) is 0.827. The highest BCUT2D eigenvalue weighted by Crippen LogP contribution is 2.29. The molecule has 1 aliphatic heterocycles.